The number of nitrogens with one attached hydrogen (secondary N) is 1. The maximum Gasteiger partial charge on any atom is 0.317 e. The van der Waals surface area contributed by atoms with E-state index >= 15 is 0 Å². The molecule has 1 unspecified atom stereocenters. The van der Waals surface area contributed by atoms with Gasteiger partial charge in [-0.2, -0.15) is 0 Å². The normalized spacial score (nSPS) is 19.8. The molecule has 3 amide bonds. The standard InChI is InChI=1S/C23H32N6O3/c1-4-27(5-2)22(31)24-13-19-20-14-32-23(16-29(20)26-25-19)10-11-28(15-23)21(30)12-18-9-7-6-8-17(18)3/h6-9H,4-5,10-16H2,1-3H3,(H,24,31). The summed E-state index contributed by atoms with van der Waals surface area (Å²) in [5, 5.41) is 11.5. The third-order valence-electron chi connectivity index (χ3n) is 6.60. The van der Waals surface area contributed by atoms with E-state index in [9.17, 15) is 9.59 Å². The van der Waals surface area contributed by atoms with E-state index in [0.717, 1.165) is 28.9 Å². The number of aryl methyl sites for hydroxylation is 1. The van der Waals surface area contributed by atoms with Crippen LogP contribution in [0.5, 0.6) is 0 Å². The lowest BCUT2D eigenvalue weighted by Gasteiger charge is -2.34. The summed E-state index contributed by atoms with van der Waals surface area (Å²) < 4.78 is 8.16. The van der Waals surface area contributed by atoms with E-state index in [4.69, 9.17) is 4.74 Å². The summed E-state index contributed by atoms with van der Waals surface area (Å²) in [5.74, 6) is 0.129. The predicted molar refractivity (Wildman–Crippen MR) is 119 cm³/mol. The molecule has 0 aliphatic carbocycles. The highest BCUT2D eigenvalue weighted by atomic mass is 16.5. The summed E-state index contributed by atoms with van der Waals surface area (Å²) >= 11 is 0. The molecular formula is C23H32N6O3. The highest BCUT2D eigenvalue weighted by Crippen LogP contribution is 2.33. The zero-order valence-electron chi connectivity index (χ0n) is 19.1. The van der Waals surface area contributed by atoms with Crippen molar-refractivity contribution in [2.24, 2.45) is 0 Å². The first kappa shape index (κ1) is 22.3. The number of benzene rings is 1. The Morgan fingerprint density at radius 2 is 2.00 bits per heavy atom. The average molecular weight is 441 g/mol. The number of aromatic nitrogens is 3. The van der Waals surface area contributed by atoms with Crippen LogP contribution in [0.25, 0.3) is 0 Å². The molecule has 1 saturated heterocycles. The molecule has 1 spiro atoms. The molecule has 0 saturated carbocycles. The largest absolute Gasteiger partial charge is 0.365 e. The summed E-state index contributed by atoms with van der Waals surface area (Å²) in [5.41, 5.74) is 3.39. The van der Waals surface area contributed by atoms with Gasteiger partial charge in [0, 0.05) is 19.6 Å². The lowest BCUT2D eigenvalue weighted by atomic mass is 10.0. The summed E-state index contributed by atoms with van der Waals surface area (Å²) in [7, 11) is 0. The van der Waals surface area contributed by atoms with Crippen molar-refractivity contribution in [2.45, 2.75) is 58.9 Å². The first-order valence-corrected chi connectivity index (χ1v) is 11.3. The highest BCUT2D eigenvalue weighted by molar-refractivity contribution is 5.79. The first-order chi connectivity index (χ1) is 15.4. The van der Waals surface area contributed by atoms with Crippen molar-refractivity contribution in [2.75, 3.05) is 26.2 Å². The second-order valence-corrected chi connectivity index (χ2v) is 8.61. The first-order valence-electron chi connectivity index (χ1n) is 11.3. The summed E-state index contributed by atoms with van der Waals surface area (Å²) in [6, 6.07) is 7.90. The molecule has 9 nitrogen and oxygen atoms in total. The summed E-state index contributed by atoms with van der Waals surface area (Å²) in [4.78, 5) is 28.7. The number of carbonyl (C=O) groups is 2. The SMILES string of the molecule is CCN(CC)C(=O)NCc1nnn2c1COC1(CCN(C(=O)Cc3ccccc3C)C1)C2. The predicted octanol–water partition coefficient (Wildman–Crippen LogP) is 1.88. The van der Waals surface area contributed by atoms with Crippen molar-refractivity contribution in [1.29, 1.82) is 0 Å². The Balaban J connectivity index is 1.36. The van der Waals surface area contributed by atoms with Crippen LogP contribution in [0.2, 0.25) is 0 Å². The maximum atomic E-state index is 12.9. The number of hydrogen-bond donors (Lipinski definition) is 1. The number of hydrogen-bond acceptors (Lipinski definition) is 5. The van der Waals surface area contributed by atoms with Crippen LogP contribution in [0.3, 0.4) is 0 Å². The second-order valence-electron chi connectivity index (χ2n) is 8.61. The molecule has 0 radical (unpaired) electrons. The third kappa shape index (κ3) is 4.48. The van der Waals surface area contributed by atoms with Crippen molar-refractivity contribution in [3.63, 3.8) is 0 Å². The third-order valence-corrected chi connectivity index (χ3v) is 6.60. The van der Waals surface area contributed by atoms with Gasteiger partial charge in [-0.15, -0.1) is 5.10 Å². The molecule has 9 heteroatoms. The van der Waals surface area contributed by atoms with E-state index in [1.54, 1.807) is 4.90 Å². The minimum atomic E-state index is -0.427. The molecule has 2 aliphatic heterocycles. The molecular weight excluding hydrogens is 408 g/mol. The number of likely N-dealkylation sites (tertiary alicyclic amines) is 1. The van der Waals surface area contributed by atoms with Crippen LogP contribution >= 0.6 is 0 Å². The number of fused-ring (bicyclic) bond motifs is 1. The molecule has 1 N–H and O–H groups in total. The van der Waals surface area contributed by atoms with Crippen LogP contribution in [0.1, 0.15) is 42.8 Å². The van der Waals surface area contributed by atoms with Gasteiger partial charge in [-0.3, -0.25) is 4.79 Å². The van der Waals surface area contributed by atoms with Gasteiger partial charge >= 0.3 is 6.03 Å². The fraction of sp³-hybridized carbons (Fsp3) is 0.565. The van der Waals surface area contributed by atoms with Gasteiger partial charge in [0.25, 0.3) is 0 Å². The lowest BCUT2D eigenvalue weighted by molar-refractivity contribution is -0.132. The fourth-order valence-corrected chi connectivity index (χ4v) is 4.50. The van der Waals surface area contributed by atoms with Crippen molar-refractivity contribution in [1.82, 2.24) is 30.1 Å². The Morgan fingerprint density at radius 1 is 1.22 bits per heavy atom. The van der Waals surface area contributed by atoms with Gasteiger partial charge in [0.1, 0.15) is 11.3 Å². The van der Waals surface area contributed by atoms with Crippen LogP contribution in [0.15, 0.2) is 24.3 Å². The Hall–Kier alpha value is -2.94. The highest BCUT2D eigenvalue weighted by Gasteiger charge is 2.44. The van der Waals surface area contributed by atoms with Gasteiger partial charge < -0.3 is 19.9 Å². The van der Waals surface area contributed by atoms with E-state index in [1.807, 2.05) is 54.6 Å². The lowest BCUT2D eigenvalue weighted by Crippen LogP contribution is -2.45. The monoisotopic (exact) mass is 440 g/mol. The van der Waals surface area contributed by atoms with Gasteiger partial charge in [0.05, 0.1) is 38.4 Å². The van der Waals surface area contributed by atoms with Crippen LogP contribution in [-0.4, -0.2) is 68.5 Å². The fourth-order valence-electron chi connectivity index (χ4n) is 4.50. The van der Waals surface area contributed by atoms with Crippen LogP contribution in [-0.2, 0) is 35.6 Å². The van der Waals surface area contributed by atoms with Gasteiger partial charge in [0.15, 0.2) is 0 Å². The van der Waals surface area contributed by atoms with Crippen molar-refractivity contribution in [3.8, 4) is 0 Å². The van der Waals surface area contributed by atoms with Crippen molar-refractivity contribution >= 4 is 11.9 Å². The van der Waals surface area contributed by atoms with Crippen molar-refractivity contribution < 1.29 is 14.3 Å². The van der Waals surface area contributed by atoms with Gasteiger partial charge in [-0.05, 0) is 38.3 Å². The minimum Gasteiger partial charge on any atom is -0.365 e. The molecule has 4 rings (SSSR count). The maximum absolute atomic E-state index is 12.9. The Morgan fingerprint density at radius 3 is 2.75 bits per heavy atom. The molecule has 0 bridgehead atoms. The van der Waals surface area contributed by atoms with Crippen molar-refractivity contribution in [3.05, 3.63) is 46.8 Å². The molecule has 3 heterocycles. The van der Waals surface area contributed by atoms with E-state index < -0.39 is 5.60 Å². The van der Waals surface area contributed by atoms with Gasteiger partial charge in [-0.1, -0.05) is 29.5 Å². The van der Waals surface area contributed by atoms with Gasteiger partial charge in [0.2, 0.25) is 5.91 Å². The van der Waals surface area contributed by atoms with Crippen LogP contribution in [0.4, 0.5) is 4.79 Å². The number of urea groups is 1. The molecule has 32 heavy (non-hydrogen) atoms. The average Bonchev–Trinajstić information content (AvgIpc) is 3.39. The van der Waals surface area contributed by atoms with Crippen LogP contribution < -0.4 is 5.32 Å². The smallest absolute Gasteiger partial charge is 0.317 e. The quantitative estimate of drug-likeness (QED) is 0.741. The number of amides is 3. The molecule has 1 aromatic heterocycles. The van der Waals surface area contributed by atoms with E-state index in [1.165, 1.54) is 0 Å². The summed E-state index contributed by atoms with van der Waals surface area (Å²) in [6.07, 6.45) is 1.19. The Kier molecular flexibility index (Phi) is 6.45. The Labute approximate surface area is 188 Å². The molecule has 172 valence electrons. The number of ether oxygens (including phenoxy) is 1. The molecule has 2 aliphatic rings. The van der Waals surface area contributed by atoms with E-state index in [-0.39, 0.29) is 11.9 Å². The topological polar surface area (TPSA) is 92.6 Å². The number of carbonyl (C=O) groups excluding carboxylic acids is 2. The Bertz CT molecular complexity index is 986. The molecule has 2 aromatic rings. The summed E-state index contributed by atoms with van der Waals surface area (Å²) in [6.45, 7) is 9.76. The zero-order valence-corrected chi connectivity index (χ0v) is 19.1. The minimum absolute atomic E-state index is 0.108. The molecule has 1 atom stereocenters. The zero-order chi connectivity index (χ0) is 22.7. The second kappa shape index (κ2) is 9.28. The number of rotatable bonds is 6. The van der Waals surface area contributed by atoms with E-state index in [2.05, 4.69) is 15.6 Å². The van der Waals surface area contributed by atoms with Crippen LogP contribution in [0, 0.1) is 6.92 Å². The molecule has 1 aromatic carbocycles. The van der Waals surface area contributed by atoms with Gasteiger partial charge in [-0.25, -0.2) is 9.48 Å². The number of nitrogens with zero attached hydrogens (tertiary/aromatic N) is 5. The van der Waals surface area contributed by atoms with E-state index in [0.29, 0.717) is 52.3 Å². The molecule has 1 fully saturated rings.